The fraction of sp³-hybridized carbons (Fsp3) is 0.167. The molecule has 88 valence electrons. The molecule has 0 aliphatic carbocycles. The number of aromatic nitrogens is 1. The minimum Gasteiger partial charge on any atom is -0.281 e. The summed E-state index contributed by atoms with van der Waals surface area (Å²) in [6, 6.07) is 7.83. The molecule has 0 aliphatic heterocycles. The van der Waals surface area contributed by atoms with Crippen LogP contribution in [0.25, 0.3) is 0 Å². The third-order valence-electron chi connectivity index (χ3n) is 2.31. The van der Waals surface area contributed by atoms with Gasteiger partial charge in [-0.2, -0.15) is 0 Å². The van der Waals surface area contributed by atoms with Crippen LogP contribution in [-0.4, -0.2) is 10.2 Å². The lowest BCUT2D eigenvalue weighted by atomic mass is 10.0. The summed E-state index contributed by atoms with van der Waals surface area (Å²) in [6.45, 7) is 1.81. The molecule has 5 heteroatoms. The highest BCUT2D eigenvalue weighted by Gasteiger charge is 2.13. The van der Waals surface area contributed by atoms with Crippen LogP contribution in [0.1, 0.15) is 18.4 Å². The Labute approximate surface area is 113 Å². The number of rotatable bonds is 4. The summed E-state index contributed by atoms with van der Waals surface area (Å²) < 4.78 is 0.993. The van der Waals surface area contributed by atoms with Gasteiger partial charge in [0, 0.05) is 16.5 Å². The van der Waals surface area contributed by atoms with E-state index >= 15 is 0 Å². The first-order valence-corrected chi connectivity index (χ1v) is 7.11. The van der Waals surface area contributed by atoms with Crippen LogP contribution in [0.3, 0.4) is 0 Å². The van der Waals surface area contributed by atoms with Crippen molar-refractivity contribution in [2.45, 2.75) is 22.1 Å². The smallest absolute Gasteiger partial charge is 0.228 e. The lowest BCUT2D eigenvalue weighted by Crippen LogP contribution is -2.01. The van der Waals surface area contributed by atoms with Gasteiger partial charge in [-0.3, -0.25) is 4.79 Å². The van der Waals surface area contributed by atoms with Gasteiger partial charge < -0.3 is 0 Å². The molecule has 0 radical (unpaired) electrons. The molecule has 0 fully saturated rings. The summed E-state index contributed by atoms with van der Waals surface area (Å²) in [5.41, 5.74) is 0.937. The van der Waals surface area contributed by atoms with E-state index < -0.39 is 0 Å². The third-order valence-corrected chi connectivity index (χ3v) is 4.51. The average Bonchev–Trinajstić information content (AvgIpc) is 2.81. The molecule has 1 unspecified atom stereocenters. The summed E-state index contributed by atoms with van der Waals surface area (Å²) in [7, 11) is 0. The number of hydrogen-bond acceptors (Lipinski definition) is 4. The number of halogens is 1. The molecule has 2 nitrogen and oxygen atoms in total. The van der Waals surface area contributed by atoms with Gasteiger partial charge in [0.15, 0.2) is 4.34 Å². The Bertz CT molecular complexity index is 513. The first-order valence-electron chi connectivity index (χ1n) is 5.03. The average molecular weight is 284 g/mol. The molecule has 2 rings (SSSR count). The Morgan fingerprint density at radius 3 is 3.00 bits per heavy atom. The maximum atomic E-state index is 11.1. The van der Waals surface area contributed by atoms with Crippen LogP contribution < -0.4 is 0 Å². The van der Waals surface area contributed by atoms with Gasteiger partial charge in [0.2, 0.25) is 5.24 Å². The maximum Gasteiger partial charge on any atom is 0.228 e. The minimum atomic E-state index is -0.332. The first-order chi connectivity index (χ1) is 8.16. The fourth-order valence-electron chi connectivity index (χ4n) is 1.34. The Morgan fingerprint density at radius 1 is 1.53 bits per heavy atom. The van der Waals surface area contributed by atoms with Crippen molar-refractivity contribution < 1.29 is 4.79 Å². The molecule has 0 saturated heterocycles. The molecule has 1 atom stereocenters. The van der Waals surface area contributed by atoms with Crippen molar-refractivity contribution in [1.29, 1.82) is 0 Å². The summed E-state index contributed by atoms with van der Waals surface area (Å²) in [4.78, 5) is 16.4. The number of benzene rings is 1. The number of carbonyl (C=O) groups is 1. The van der Waals surface area contributed by atoms with Crippen molar-refractivity contribution in [3.63, 3.8) is 0 Å². The normalized spacial score (nSPS) is 12.4. The van der Waals surface area contributed by atoms with E-state index in [9.17, 15) is 4.79 Å². The highest BCUT2D eigenvalue weighted by atomic mass is 35.5. The van der Waals surface area contributed by atoms with Crippen LogP contribution >= 0.6 is 34.7 Å². The van der Waals surface area contributed by atoms with Crippen molar-refractivity contribution >= 4 is 39.9 Å². The van der Waals surface area contributed by atoms with Gasteiger partial charge >= 0.3 is 0 Å². The molecule has 1 heterocycles. The van der Waals surface area contributed by atoms with Crippen molar-refractivity contribution in [3.05, 3.63) is 41.4 Å². The molecule has 0 saturated carbocycles. The van der Waals surface area contributed by atoms with Gasteiger partial charge in [0.05, 0.1) is 5.92 Å². The highest BCUT2D eigenvalue weighted by molar-refractivity contribution is 8.01. The standard InChI is InChI=1S/C12H10ClNOS2/c1-8(11(13)15)9-3-2-4-10(7-9)17-12-14-5-6-16-12/h2-8H,1H3. The molecule has 1 aromatic carbocycles. The van der Waals surface area contributed by atoms with Gasteiger partial charge in [0.1, 0.15) is 0 Å². The highest BCUT2D eigenvalue weighted by Crippen LogP contribution is 2.31. The van der Waals surface area contributed by atoms with E-state index in [1.165, 1.54) is 0 Å². The van der Waals surface area contributed by atoms with E-state index in [2.05, 4.69) is 4.98 Å². The first kappa shape index (κ1) is 12.6. The zero-order chi connectivity index (χ0) is 12.3. The molecule has 17 heavy (non-hydrogen) atoms. The van der Waals surface area contributed by atoms with E-state index in [4.69, 9.17) is 11.6 Å². The lowest BCUT2D eigenvalue weighted by molar-refractivity contribution is -0.112. The Hall–Kier alpha value is -0.840. The minimum absolute atomic E-state index is 0.270. The second-order valence-corrected chi connectivity index (χ2v) is 6.09. The SMILES string of the molecule is CC(C(=O)Cl)c1cccc(Sc2nccs2)c1. The van der Waals surface area contributed by atoms with E-state index in [1.54, 1.807) is 29.3 Å². The van der Waals surface area contributed by atoms with E-state index in [0.717, 1.165) is 14.8 Å². The summed E-state index contributed by atoms with van der Waals surface area (Å²) in [5, 5.41) is 1.61. The number of thiazole rings is 1. The van der Waals surface area contributed by atoms with Gasteiger partial charge in [-0.05, 0) is 29.3 Å². The van der Waals surface area contributed by atoms with Gasteiger partial charge in [-0.15, -0.1) is 11.3 Å². The summed E-state index contributed by atoms with van der Waals surface area (Å²) >= 11 is 8.69. The molecular weight excluding hydrogens is 274 g/mol. The predicted molar refractivity (Wildman–Crippen MR) is 72.0 cm³/mol. The van der Waals surface area contributed by atoms with Crippen LogP contribution in [0.5, 0.6) is 0 Å². The summed E-state index contributed by atoms with van der Waals surface area (Å²) in [6.07, 6.45) is 1.78. The number of nitrogens with zero attached hydrogens (tertiary/aromatic N) is 1. The maximum absolute atomic E-state index is 11.1. The number of hydrogen-bond donors (Lipinski definition) is 0. The predicted octanol–water partition coefficient (Wildman–Crippen LogP) is 4.16. The monoisotopic (exact) mass is 283 g/mol. The van der Waals surface area contributed by atoms with Crippen molar-refractivity contribution in [2.24, 2.45) is 0 Å². The Kier molecular flexibility index (Phi) is 4.20. The van der Waals surface area contributed by atoms with Gasteiger partial charge in [0.25, 0.3) is 0 Å². The molecular formula is C12H10ClNOS2. The topological polar surface area (TPSA) is 30.0 Å². The molecule has 0 N–H and O–H groups in total. The molecule has 2 aromatic rings. The van der Waals surface area contributed by atoms with Gasteiger partial charge in [-0.1, -0.05) is 30.8 Å². The largest absolute Gasteiger partial charge is 0.281 e. The molecule has 0 amide bonds. The lowest BCUT2D eigenvalue weighted by Gasteiger charge is -2.07. The van der Waals surface area contributed by atoms with E-state index in [-0.39, 0.29) is 11.2 Å². The van der Waals surface area contributed by atoms with Crippen LogP contribution in [0.2, 0.25) is 0 Å². The quantitative estimate of drug-likeness (QED) is 0.789. The summed E-state index contributed by atoms with van der Waals surface area (Å²) in [5.74, 6) is -0.270. The van der Waals surface area contributed by atoms with E-state index in [0.29, 0.717) is 0 Å². The third kappa shape index (κ3) is 3.31. The zero-order valence-electron chi connectivity index (χ0n) is 9.09. The van der Waals surface area contributed by atoms with Crippen LogP contribution in [0.4, 0.5) is 0 Å². The molecule has 1 aromatic heterocycles. The van der Waals surface area contributed by atoms with Crippen molar-refractivity contribution in [1.82, 2.24) is 4.98 Å². The van der Waals surface area contributed by atoms with Crippen LogP contribution in [-0.2, 0) is 4.79 Å². The Morgan fingerprint density at radius 2 is 2.35 bits per heavy atom. The van der Waals surface area contributed by atoms with Crippen molar-refractivity contribution in [2.75, 3.05) is 0 Å². The molecule has 0 spiro atoms. The van der Waals surface area contributed by atoms with Crippen LogP contribution in [0.15, 0.2) is 45.1 Å². The van der Waals surface area contributed by atoms with Gasteiger partial charge in [-0.25, -0.2) is 4.98 Å². The van der Waals surface area contributed by atoms with Crippen LogP contribution in [0, 0.1) is 0 Å². The van der Waals surface area contributed by atoms with Crippen molar-refractivity contribution in [3.8, 4) is 0 Å². The molecule has 0 bridgehead atoms. The fourth-order valence-corrected chi connectivity index (χ4v) is 3.13. The Balaban J connectivity index is 2.19. The second kappa shape index (κ2) is 5.67. The zero-order valence-corrected chi connectivity index (χ0v) is 11.5. The van der Waals surface area contributed by atoms with E-state index in [1.807, 2.05) is 36.6 Å². The number of carbonyl (C=O) groups excluding carboxylic acids is 1. The molecule has 0 aliphatic rings. The second-order valence-electron chi connectivity index (χ2n) is 3.50.